The number of nitrogens with zero attached hydrogens (tertiary/aromatic N) is 3. The zero-order valence-corrected chi connectivity index (χ0v) is 8.38. The van der Waals surface area contributed by atoms with Gasteiger partial charge in [-0.2, -0.15) is 5.10 Å². The van der Waals surface area contributed by atoms with Gasteiger partial charge in [-0.1, -0.05) is 13.8 Å². The highest BCUT2D eigenvalue weighted by atomic mass is 15.3. The SMILES string of the molecule is CC(C)c1ccncc1-n1cccn1. The van der Waals surface area contributed by atoms with Crippen LogP contribution in [0.5, 0.6) is 0 Å². The zero-order chi connectivity index (χ0) is 9.97. The van der Waals surface area contributed by atoms with Crippen LogP contribution in [0.15, 0.2) is 36.9 Å². The van der Waals surface area contributed by atoms with Crippen LogP contribution in [0.4, 0.5) is 0 Å². The molecule has 2 heterocycles. The summed E-state index contributed by atoms with van der Waals surface area (Å²) >= 11 is 0. The molecular weight excluding hydrogens is 174 g/mol. The molecule has 14 heavy (non-hydrogen) atoms. The van der Waals surface area contributed by atoms with Crippen molar-refractivity contribution in [3.63, 3.8) is 0 Å². The smallest absolute Gasteiger partial charge is 0.0863 e. The Labute approximate surface area is 83.4 Å². The molecule has 2 aromatic rings. The molecule has 2 rings (SSSR count). The van der Waals surface area contributed by atoms with E-state index in [2.05, 4.69) is 23.9 Å². The van der Waals surface area contributed by atoms with Crippen LogP contribution in [0, 0.1) is 0 Å². The van der Waals surface area contributed by atoms with Gasteiger partial charge in [0, 0.05) is 18.6 Å². The number of hydrogen-bond donors (Lipinski definition) is 0. The highest BCUT2D eigenvalue weighted by Crippen LogP contribution is 2.20. The molecule has 0 aliphatic rings. The summed E-state index contributed by atoms with van der Waals surface area (Å²) in [7, 11) is 0. The average Bonchev–Trinajstić information content (AvgIpc) is 2.70. The van der Waals surface area contributed by atoms with Crippen molar-refractivity contribution in [3.05, 3.63) is 42.5 Å². The van der Waals surface area contributed by atoms with Crippen molar-refractivity contribution in [1.82, 2.24) is 14.8 Å². The summed E-state index contributed by atoms with van der Waals surface area (Å²) in [5.41, 5.74) is 2.33. The van der Waals surface area contributed by atoms with Gasteiger partial charge in [0.05, 0.1) is 11.9 Å². The van der Waals surface area contributed by atoms with E-state index < -0.39 is 0 Å². The summed E-state index contributed by atoms with van der Waals surface area (Å²) in [6, 6.07) is 3.96. The molecule has 0 bridgehead atoms. The molecule has 0 atom stereocenters. The molecular formula is C11H13N3. The molecule has 3 heteroatoms. The van der Waals surface area contributed by atoms with Gasteiger partial charge in [-0.3, -0.25) is 4.98 Å². The third kappa shape index (κ3) is 1.53. The molecule has 0 unspecified atom stereocenters. The number of hydrogen-bond acceptors (Lipinski definition) is 2. The zero-order valence-electron chi connectivity index (χ0n) is 8.38. The Bertz CT molecular complexity index is 404. The first-order valence-corrected chi connectivity index (χ1v) is 4.73. The molecule has 72 valence electrons. The first-order valence-electron chi connectivity index (χ1n) is 4.73. The first kappa shape index (κ1) is 8.94. The Morgan fingerprint density at radius 2 is 2.14 bits per heavy atom. The van der Waals surface area contributed by atoms with E-state index in [1.54, 1.807) is 6.20 Å². The molecule has 0 radical (unpaired) electrons. The Kier molecular flexibility index (Phi) is 2.31. The van der Waals surface area contributed by atoms with Crippen LogP contribution in [-0.2, 0) is 0 Å². The fourth-order valence-corrected chi connectivity index (χ4v) is 1.49. The van der Waals surface area contributed by atoms with Crippen LogP contribution in [-0.4, -0.2) is 14.8 Å². The van der Waals surface area contributed by atoms with Crippen molar-refractivity contribution in [2.75, 3.05) is 0 Å². The van der Waals surface area contributed by atoms with E-state index in [0.717, 1.165) is 5.69 Å². The van der Waals surface area contributed by atoms with E-state index in [0.29, 0.717) is 5.92 Å². The summed E-state index contributed by atoms with van der Waals surface area (Å²) in [6.07, 6.45) is 7.38. The largest absolute Gasteiger partial charge is 0.262 e. The van der Waals surface area contributed by atoms with Crippen molar-refractivity contribution in [2.24, 2.45) is 0 Å². The Hall–Kier alpha value is -1.64. The summed E-state index contributed by atoms with van der Waals surface area (Å²) in [6.45, 7) is 4.34. The second kappa shape index (κ2) is 3.62. The van der Waals surface area contributed by atoms with Crippen molar-refractivity contribution in [2.45, 2.75) is 19.8 Å². The molecule has 2 aromatic heterocycles. The Morgan fingerprint density at radius 3 is 2.79 bits per heavy atom. The van der Waals surface area contributed by atoms with Gasteiger partial charge in [0.15, 0.2) is 0 Å². The van der Waals surface area contributed by atoms with Crippen LogP contribution < -0.4 is 0 Å². The van der Waals surface area contributed by atoms with Crippen LogP contribution in [0.1, 0.15) is 25.3 Å². The number of aromatic nitrogens is 3. The molecule has 0 aliphatic heterocycles. The standard InChI is InChI=1S/C11H13N3/c1-9(2)10-4-6-12-8-11(10)14-7-3-5-13-14/h3-9H,1-2H3. The van der Waals surface area contributed by atoms with Gasteiger partial charge < -0.3 is 0 Å². The van der Waals surface area contributed by atoms with Gasteiger partial charge in [-0.25, -0.2) is 4.68 Å². The first-order chi connectivity index (χ1) is 6.79. The fraction of sp³-hybridized carbons (Fsp3) is 0.273. The van der Waals surface area contributed by atoms with Crippen LogP contribution in [0.2, 0.25) is 0 Å². The van der Waals surface area contributed by atoms with Crippen molar-refractivity contribution in [3.8, 4) is 5.69 Å². The predicted octanol–water partition coefficient (Wildman–Crippen LogP) is 2.39. The highest BCUT2D eigenvalue weighted by molar-refractivity contribution is 5.39. The molecule has 0 fully saturated rings. The maximum Gasteiger partial charge on any atom is 0.0863 e. The van der Waals surface area contributed by atoms with E-state index in [9.17, 15) is 0 Å². The van der Waals surface area contributed by atoms with Gasteiger partial charge in [0.1, 0.15) is 0 Å². The van der Waals surface area contributed by atoms with Crippen molar-refractivity contribution < 1.29 is 0 Å². The quantitative estimate of drug-likeness (QED) is 0.722. The van der Waals surface area contributed by atoms with E-state index in [4.69, 9.17) is 0 Å². The normalized spacial score (nSPS) is 10.8. The van der Waals surface area contributed by atoms with E-state index in [1.807, 2.05) is 35.4 Å². The monoisotopic (exact) mass is 187 g/mol. The summed E-state index contributed by atoms with van der Waals surface area (Å²) in [4.78, 5) is 4.12. The molecule has 0 saturated carbocycles. The third-order valence-corrected chi connectivity index (χ3v) is 2.21. The molecule has 0 N–H and O–H groups in total. The minimum absolute atomic E-state index is 0.484. The minimum Gasteiger partial charge on any atom is -0.262 e. The third-order valence-electron chi connectivity index (χ3n) is 2.21. The fourth-order valence-electron chi connectivity index (χ4n) is 1.49. The number of rotatable bonds is 2. The predicted molar refractivity (Wildman–Crippen MR) is 55.4 cm³/mol. The van der Waals surface area contributed by atoms with Crippen LogP contribution >= 0.6 is 0 Å². The van der Waals surface area contributed by atoms with E-state index in [1.165, 1.54) is 5.56 Å². The highest BCUT2D eigenvalue weighted by Gasteiger charge is 2.07. The summed E-state index contributed by atoms with van der Waals surface area (Å²) in [5, 5.41) is 4.21. The van der Waals surface area contributed by atoms with Crippen LogP contribution in [0.3, 0.4) is 0 Å². The van der Waals surface area contributed by atoms with Crippen molar-refractivity contribution in [1.29, 1.82) is 0 Å². The molecule has 0 spiro atoms. The Balaban J connectivity index is 2.53. The second-order valence-corrected chi connectivity index (χ2v) is 3.54. The average molecular weight is 187 g/mol. The maximum atomic E-state index is 4.21. The lowest BCUT2D eigenvalue weighted by molar-refractivity contribution is 0.802. The molecule has 0 aliphatic carbocycles. The van der Waals surface area contributed by atoms with Crippen molar-refractivity contribution >= 4 is 0 Å². The van der Waals surface area contributed by atoms with Gasteiger partial charge >= 0.3 is 0 Å². The second-order valence-electron chi connectivity index (χ2n) is 3.54. The molecule has 3 nitrogen and oxygen atoms in total. The lowest BCUT2D eigenvalue weighted by atomic mass is 10.0. The Morgan fingerprint density at radius 1 is 1.29 bits per heavy atom. The van der Waals surface area contributed by atoms with Gasteiger partial charge in [0.2, 0.25) is 0 Å². The van der Waals surface area contributed by atoms with Gasteiger partial charge in [-0.15, -0.1) is 0 Å². The topological polar surface area (TPSA) is 30.7 Å². The summed E-state index contributed by atoms with van der Waals surface area (Å²) in [5.74, 6) is 0.484. The minimum atomic E-state index is 0.484. The molecule has 0 saturated heterocycles. The lowest BCUT2D eigenvalue weighted by Crippen LogP contribution is -2.01. The molecule has 0 amide bonds. The molecule has 0 aromatic carbocycles. The van der Waals surface area contributed by atoms with Gasteiger partial charge in [-0.05, 0) is 23.6 Å². The maximum absolute atomic E-state index is 4.21. The van der Waals surface area contributed by atoms with E-state index >= 15 is 0 Å². The van der Waals surface area contributed by atoms with Gasteiger partial charge in [0.25, 0.3) is 0 Å². The lowest BCUT2D eigenvalue weighted by Gasteiger charge is -2.11. The van der Waals surface area contributed by atoms with E-state index in [-0.39, 0.29) is 0 Å². The van der Waals surface area contributed by atoms with Crippen LogP contribution in [0.25, 0.3) is 5.69 Å². The number of pyridine rings is 1. The summed E-state index contributed by atoms with van der Waals surface area (Å²) < 4.78 is 1.85.